The second-order valence-corrected chi connectivity index (χ2v) is 5.38. The fraction of sp³-hybridized carbons (Fsp3) is 0.333. The average Bonchev–Trinajstić information content (AvgIpc) is 2.83. The summed E-state index contributed by atoms with van der Waals surface area (Å²) < 4.78 is 4.88. The molecule has 0 atom stereocenters. The van der Waals surface area contributed by atoms with E-state index in [2.05, 4.69) is 15.5 Å². The van der Waals surface area contributed by atoms with Gasteiger partial charge in [-0.05, 0) is 26.0 Å². The molecule has 0 saturated carbocycles. The number of likely N-dealkylation sites (tertiary alicyclic amines) is 1. The first-order chi connectivity index (χ1) is 10.5. The summed E-state index contributed by atoms with van der Waals surface area (Å²) in [7, 11) is 0. The molecule has 1 N–H and O–H groups in total. The molecule has 2 amide bonds. The number of nitrogens with zero attached hydrogens (tertiary/aromatic N) is 3. The molecule has 7 nitrogen and oxygen atoms in total. The number of carbonyl (C=O) groups is 2. The van der Waals surface area contributed by atoms with Gasteiger partial charge in [0.05, 0.1) is 5.92 Å². The van der Waals surface area contributed by atoms with Gasteiger partial charge < -0.3 is 14.7 Å². The summed E-state index contributed by atoms with van der Waals surface area (Å²) >= 11 is 0. The summed E-state index contributed by atoms with van der Waals surface area (Å²) in [4.78, 5) is 30.0. The summed E-state index contributed by atoms with van der Waals surface area (Å²) in [5.41, 5.74) is 1.11. The number of hydrogen-bond donors (Lipinski definition) is 1. The minimum absolute atomic E-state index is 0.126. The Morgan fingerprint density at radius 3 is 2.73 bits per heavy atom. The third-order valence-corrected chi connectivity index (χ3v) is 3.53. The fourth-order valence-electron chi connectivity index (χ4n) is 2.28. The molecular weight excluding hydrogens is 284 g/mol. The van der Waals surface area contributed by atoms with Crippen LogP contribution in [-0.4, -0.2) is 39.9 Å². The van der Waals surface area contributed by atoms with Crippen LogP contribution in [0.15, 0.2) is 28.8 Å². The maximum Gasteiger partial charge on any atom is 0.276 e. The van der Waals surface area contributed by atoms with Crippen LogP contribution in [0.25, 0.3) is 0 Å². The molecule has 0 spiro atoms. The van der Waals surface area contributed by atoms with Crippen molar-refractivity contribution >= 4 is 17.6 Å². The van der Waals surface area contributed by atoms with E-state index < -0.39 is 0 Å². The quantitative estimate of drug-likeness (QED) is 0.925. The third-order valence-electron chi connectivity index (χ3n) is 3.53. The number of nitrogens with one attached hydrogen (secondary N) is 1. The third kappa shape index (κ3) is 2.83. The maximum absolute atomic E-state index is 12.1. The topological polar surface area (TPSA) is 88.3 Å². The molecule has 0 bridgehead atoms. The van der Waals surface area contributed by atoms with E-state index in [0.717, 1.165) is 5.69 Å². The zero-order chi connectivity index (χ0) is 15.7. The van der Waals surface area contributed by atoms with Crippen LogP contribution < -0.4 is 5.32 Å². The van der Waals surface area contributed by atoms with Crippen LogP contribution in [0.4, 0.5) is 5.82 Å². The van der Waals surface area contributed by atoms with Crippen LogP contribution in [0.3, 0.4) is 0 Å². The van der Waals surface area contributed by atoms with Crippen LogP contribution in [0, 0.1) is 19.8 Å². The van der Waals surface area contributed by atoms with Crippen molar-refractivity contribution in [3.05, 3.63) is 41.4 Å². The Kier molecular flexibility index (Phi) is 3.62. The predicted octanol–water partition coefficient (Wildman–Crippen LogP) is 1.40. The Labute approximate surface area is 127 Å². The van der Waals surface area contributed by atoms with E-state index in [4.69, 9.17) is 4.52 Å². The lowest BCUT2D eigenvalue weighted by Gasteiger charge is -2.37. The standard InChI is InChI=1S/C15H16N4O3/c1-9-4-3-5-13(16-9)17-14(20)11-7-19(8-11)15(21)12-6-10(2)22-18-12/h3-6,11H,7-8H2,1-2H3,(H,16,17,20). The second kappa shape index (κ2) is 5.59. The number of pyridine rings is 1. The lowest BCUT2D eigenvalue weighted by atomic mass is 9.98. The average molecular weight is 300 g/mol. The molecule has 2 aromatic rings. The predicted molar refractivity (Wildman–Crippen MR) is 78.2 cm³/mol. The van der Waals surface area contributed by atoms with Crippen molar-refractivity contribution in [3.8, 4) is 0 Å². The smallest absolute Gasteiger partial charge is 0.276 e. The SMILES string of the molecule is Cc1cccc(NC(=O)C2CN(C(=O)c3cc(C)on3)C2)n1. The van der Waals surface area contributed by atoms with Gasteiger partial charge in [0, 0.05) is 24.8 Å². The van der Waals surface area contributed by atoms with Crippen LogP contribution >= 0.6 is 0 Å². The molecule has 3 heterocycles. The summed E-state index contributed by atoms with van der Waals surface area (Å²) in [6.07, 6.45) is 0. The molecule has 0 aromatic carbocycles. The summed E-state index contributed by atoms with van der Waals surface area (Å²) in [5, 5.41) is 6.46. The van der Waals surface area contributed by atoms with Gasteiger partial charge in [-0.2, -0.15) is 0 Å². The first-order valence-corrected chi connectivity index (χ1v) is 7.00. The molecule has 0 unspecified atom stereocenters. The van der Waals surface area contributed by atoms with Gasteiger partial charge in [-0.1, -0.05) is 11.2 Å². The van der Waals surface area contributed by atoms with Crippen molar-refractivity contribution in [3.63, 3.8) is 0 Å². The van der Waals surface area contributed by atoms with E-state index in [-0.39, 0.29) is 23.4 Å². The molecule has 0 aliphatic carbocycles. The fourth-order valence-corrected chi connectivity index (χ4v) is 2.28. The highest BCUT2D eigenvalue weighted by Gasteiger charge is 2.37. The van der Waals surface area contributed by atoms with Gasteiger partial charge in [0.25, 0.3) is 5.91 Å². The molecule has 1 aliphatic rings. The lowest BCUT2D eigenvalue weighted by molar-refractivity contribution is -0.123. The molecule has 0 radical (unpaired) electrons. The minimum atomic E-state index is -0.223. The highest BCUT2D eigenvalue weighted by molar-refractivity contribution is 5.97. The van der Waals surface area contributed by atoms with Crippen molar-refractivity contribution in [1.82, 2.24) is 15.0 Å². The molecule has 1 fully saturated rings. The molecule has 1 aliphatic heterocycles. The molecule has 7 heteroatoms. The summed E-state index contributed by atoms with van der Waals surface area (Å²) in [5.74, 6) is 0.554. The molecule has 22 heavy (non-hydrogen) atoms. The van der Waals surface area contributed by atoms with Crippen LogP contribution in [-0.2, 0) is 4.79 Å². The Morgan fingerprint density at radius 2 is 2.09 bits per heavy atom. The van der Waals surface area contributed by atoms with Gasteiger partial charge in [0.15, 0.2) is 5.69 Å². The van der Waals surface area contributed by atoms with Crippen molar-refractivity contribution in [1.29, 1.82) is 0 Å². The molecule has 3 rings (SSSR count). The number of rotatable bonds is 3. The lowest BCUT2D eigenvalue weighted by Crippen LogP contribution is -2.54. The van der Waals surface area contributed by atoms with E-state index in [0.29, 0.717) is 24.7 Å². The van der Waals surface area contributed by atoms with Gasteiger partial charge in [-0.25, -0.2) is 4.98 Å². The first-order valence-electron chi connectivity index (χ1n) is 7.00. The van der Waals surface area contributed by atoms with Crippen LogP contribution in [0.2, 0.25) is 0 Å². The minimum Gasteiger partial charge on any atom is -0.361 e. The number of hydrogen-bond acceptors (Lipinski definition) is 5. The van der Waals surface area contributed by atoms with Crippen molar-refractivity contribution in [2.75, 3.05) is 18.4 Å². The van der Waals surface area contributed by atoms with Crippen molar-refractivity contribution in [2.45, 2.75) is 13.8 Å². The number of aryl methyl sites for hydroxylation is 2. The van der Waals surface area contributed by atoms with Gasteiger partial charge in [-0.3, -0.25) is 9.59 Å². The monoisotopic (exact) mass is 300 g/mol. The Morgan fingerprint density at radius 1 is 1.32 bits per heavy atom. The van der Waals surface area contributed by atoms with Gasteiger partial charge in [0.1, 0.15) is 11.6 Å². The van der Waals surface area contributed by atoms with E-state index in [1.165, 1.54) is 0 Å². The highest BCUT2D eigenvalue weighted by atomic mass is 16.5. The maximum atomic E-state index is 12.1. The van der Waals surface area contributed by atoms with Crippen molar-refractivity contribution < 1.29 is 14.1 Å². The first kappa shape index (κ1) is 14.2. The number of aromatic nitrogens is 2. The molecule has 114 valence electrons. The Balaban J connectivity index is 1.54. The van der Waals surface area contributed by atoms with Gasteiger partial charge in [0.2, 0.25) is 5.91 Å². The molecule has 2 aromatic heterocycles. The highest BCUT2D eigenvalue weighted by Crippen LogP contribution is 2.20. The second-order valence-electron chi connectivity index (χ2n) is 5.38. The normalized spacial score (nSPS) is 14.5. The Bertz CT molecular complexity index is 719. The van der Waals surface area contributed by atoms with E-state index in [1.54, 1.807) is 24.0 Å². The summed E-state index contributed by atoms with van der Waals surface area (Å²) in [6, 6.07) is 7.03. The van der Waals surface area contributed by atoms with Crippen LogP contribution in [0.1, 0.15) is 21.9 Å². The molecular formula is C15H16N4O3. The van der Waals surface area contributed by atoms with Crippen LogP contribution in [0.5, 0.6) is 0 Å². The Hall–Kier alpha value is -2.70. The van der Waals surface area contributed by atoms with E-state index >= 15 is 0 Å². The largest absolute Gasteiger partial charge is 0.361 e. The summed E-state index contributed by atoms with van der Waals surface area (Å²) in [6.45, 7) is 4.34. The number of carbonyl (C=O) groups excluding carboxylic acids is 2. The van der Waals surface area contributed by atoms with Gasteiger partial charge >= 0.3 is 0 Å². The van der Waals surface area contributed by atoms with Crippen molar-refractivity contribution in [2.24, 2.45) is 5.92 Å². The zero-order valence-electron chi connectivity index (χ0n) is 12.4. The van der Waals surface area contributed by atoms with E-state index in [9.17, 15) is 9.59 Å². The zero-order valence-corrected chi connectivity index (χ0v) is 12.4. The number of anilines is 1. The van der Waals surface area contributed by atoms with E-state index in [1.807, 2.05) is 19.1 Å². The number of amides is 2. The molecule has 1 saturated heterocycles. The van der Waals surface area contributed by atoms with Gasteiger partial charge in [-0.15, -0.1) is 0 Å².